The van der Waals surface area contributed by atoms with Crippen molar-refractivity contribution in [1.29, 1.82) is 10.5 Å². The fourth-order valence-electron chi connectivity index (χ4n) is 1.22. The van der Waals surface area contributed by atoms with Gasteiger partial charge in [-0.15, -0.1) is 0 Å². The molecule has 0 radical (unpaired) electrons. The van der Waals surface area contributed by atoms with E-state index in [9.17, 15) is 0 Å². The Hall–Kier alpha value is -1.88. The summed E-state index contributed by atoms with van der Waals surface area (Å²) in [5.41, 5.74) is 0.431. The Labute approximate surface area is 121 Å². The van der Waals surface area contributed by atoms with E-state index in [1.54, 1.807) is 24.3 Å². The molecular weight excluding hydrogens is 285 g/mol. The van der Waals surface area contributed by atoms with Gasteiger partial charge in [-0.2, -0.15) is 10.5 Å². The SMILES string of the molecule is CC(C)Oc1cc(Cl)c(NC=C(C#N)C#N)cc1Cl. The van der Waals surface area contributed by atoms with Crippen LogP contribution in [-0.4, -0.2) is 6.10 Å². The van der Waals surface area contributed by atoms with Gasteiger partial charge < -0.3 is 10.1 Å². The lowest BCUT2D eigenvalue weighted by atomic mass is 10.3. The van der Waals surface area contributed by atoms with E-state index < -0.39 is 0 Å². The Bertz CT molecular complexity index is 567. The Balaban J connectivity index is 3.00. The van der Waals surface area contributed by atoms with E-state index in [-0.39, 0.29) is 11.7 Å². The third kappa shape index (κ3) is 4.37. The minimum Gasteiger partial charge on any atom is -0.489 e. The number of benzene rings is 1. The quantitative estimate of drug-likeness (QED) is 0.848. The number of hydrogen-bond acceptors (Lipinski definition) is 4. The molecule has 0 heterocycles. The number of halogens is 2. The maximum Gasteiger partial charge on any atom is 0.145 e. The number of anilines is 1. The Morgan fingerprint density at radius 2 is 1.89 bits per heavy atom. The first-order valence-corrected chi connectivity index (χ1v) is 6.16. The molecule has 1 rings (SSSR count). The topological polar surface area (TPSA) is 68.8 Å². The monoisotopic (exact) mass is 295 g/mol. The van der Waals surface area contributed by atoms with Gasteiger partial charge in [0.15, 0.2) is 0 Å². The van der Waals surface area contributed by atoms with Gasteiger partial charge in [0.1, 0.15) is 23.5 Å². The van der Waals surface area contributed by atoms with Gasteiger partial charge in [-0.1, -0.05) is 23.2 Å². The zero-order chi connectivity index (χ0) is 14.4. The zero-order valence-corrected chi connectivity index (χ0v) is 11.9. The van der Waals surface area contributed by atoms with Gasteiger partial charge in [-0.25, -0.2) is 0 Å². The summed E-state index contributed by atoms with van der Waals surface area (Å²) in [5, 5.41) is 20.8. The summed E-state index contributed by atoms with van der Waals surface area (Å²) in [4.78, 5) is 0. The molecule has 0 amide bonds. The molecule has 19 heavy (non-hydrogen) atoms. The van der Waals surface area contributed by atoms with Crippen LogP contribution >= 0.6 is 23.2 Å². The fraction of sp³-hybridized carbons (Fsp3) is 0.231. The van der Waals surface area contributed by atoms with Crippen LogP contribution in [0.3, 0.4) is 0 Å². The third-order valence-corrected chi connectivity index (χ3v) is 2.61. The molecule has 0 saturated carbocycles. The van der Waals surface area contributed by atoms with E-state index in [0.717, 1.165) is 0 Å². The molecule has 0 atom stereocenters. The Morgan fingerprint density at radius 1 is 1.26 bits per heavy atom. The van der Waals surface area contributed by atoms with Crippen molar-refractivity contribution in [3.63, 3.8) is 0 Å². The Morgan fingerprint density at radius 3 is 2.42 bits per heavy atom. The highest BCUT2D eigenvalue weighted by molar-refractivity contribution is 6.36. The van der Waals surface area contributed by atoms with E-state index in [2.05, 4.69) is 5.32 Å². The highest BCUT2D eigenvalue weighted by atomic mass is 35.5. The second-order valence-corrected chi connectivity index (χ2v) is 4.67. The number of rotatable bonds is 4. The van der Waals surface area contributed by atoms with Crippen LogP contribution in [0.5, 0.6) is 5.75 Å². The second kappa shape index (κ2) is 6.89. The van der Waals surface area contributed by atoms with Crippen LogP contribution in [0.15, 0.2) is 23.9 Å². The number of hydrogen-bond donors (Lipinski definition) is 1. The maximum atomic E-state index is 8.61. The van der Waals surface area contributed by atoms with Gasteiger partial charge in [0.05, 0.1) is 21.8 Å². The third-order valence-electron chi connectivity index (χ3n) is 2.00. The van der Waals surface area contributed by atoms with Gasteiger partial charge in [0.25, 0.3) is 0 Å². The van der Waals surface area contributed by atoms with Crippen LogP contribution in [0.4, 0.5) is 5.69 Å². The minimum atomic E-state index is -0.0605. The average molecular weight is 296 g/mol. The van der Waals surface area contributed by atoms with Crippen LogP contribution < -0.4 is 10.1 Å². The molecule has 0 saturated heterocycles. The summed E-state index contributed by atoms with van der Waals surface area (Å²) in [6.45, 7) is 3.76. The van der Waals surface area contributed by atoms with Crippen molar-refractivity contribution in [1.82, 2.24) is 0 Å². The minimum absolute atomic E-state index is 0.0175. The van der Waals surface area contributed by atoms with Gasteiger partial charge in [0.2, 0.25) is 0 Å². The summed E-state index contributed by atoms with van der Waals surface area (Å²) >= 11 is 12.1. The van der Waals surface area contributed by atoms with Crippen molar-refractivity contribution in [2.75, 3.05) is 5.32 Å². The van der Waals surface area contributed by atoms with Crippen molar-refractivity contribution in [2.24, 2.45) is 0 Å². The smallest absolute Gasteiger partial charge is 0.145 e. The molecule has 0 bridgehead atoms. The summed E-state index contributed by atoms with van der Waals surface area (Å²) in [6, 6.07) is 6.62. The van der Waals surface area contributed by atoms with E-state index in [0.29, 0.717) is 21.5 Å². The van der Waals surface area contributed by atoms with Gasteiger partial charge in [-0.05, 0) is 19.9 Å². The molecule has 0 spiro atoms. The Kier molecular flexibility index (Phi) is 5.51. The highest BCUT2D eigenvalue weighted by Crippen LogP contribution is 2.34. The van der Waals surface area contributed by atoms with Crippen molar-refractivity contribution in [2.45, 2.75) is 20.0 Å². The van der Waals surface area contributed by atoms with Crippen LogP contribution in [0.25, 0.3) is 0 Å². The molecule has 1 aromatic carbocycles. The van der Waals surface area contributed by atoms with Crippen molar-refractivity contribution >= 4 is 28.9 Å². The van der Waals surface area contributed by atoms with Crippen molar-refractivity contribution in [3.8, 4) is 17.9 Å². The van der Waals surface area contributed by atoms with Gasteiger partial charge in [-0.3, -0.25) is 0 Å². The standard InChI is InChI=1S/C13H11Cl2N3O/c1-8(2)19-13-4-10(14)12(3-11(13)15)18-7-9(5-16)6-17/h3-4,7-8,18H,1-2H3. The molecule has 0 unspecified atom stereocenters. The van der Waals surface area contributed by atoms with Crippen LogP contribution in [-0.2, 0) is 0 Å². The van der Waals surface area contributed by atoms with Gasteiger partial charge in [0, 0.05) is 12.3 Å². The molecule has 0 aliphatic heterocycles. The van der Waals surface area contributed by atoms with E-state index in [4.69, 9.17) is 38.5 Å². The summed E-state index contributed by atoms with van der Waals surface area (Å²) in [7, 11) is 0. The second-order valence-electron chi connectivity index (χ2n) is 3.86. The molecule has 6 heteroatoms. The lowest BCUT2D eigenvalue weighted by Gasteiger charge is -2.13. The summed E-state index contributed by atoms with van der Waals surface area (Å²) in [6.07, 6.45) is 1.25. The first-order chi connectivity index (χ1) is 8.97. The van der Waals surface area contributed by atoms with E-state index >= 15 is 0 Å². The summed E-state index contributed by atoms with van der Waals surface area (Å²) < 4.78 is 5.48. The lowest BCUT2D eigenvalue weighted by Crippen LogP contribution is -2.06. The normalized spacial score (nSPS) is 9.42. The van der Waals surface area contributed by atoms with Crippen LogP contribution in [0.1, 0.15) is 13.8 Å². The van der Waals surface area contributed by atoms with Crippen molar-refractivity contribution < 1.29 is 4.74 Å². The number of ether oxygens (including phenoxy) is 1. The first-order valence-electron chi connectivity index (χ1n) is 5.40. The molecule has 0 aliphatic rings. The average Bonchev–Trinajstić information content (AvgIpc) is 2.35. The van der Waals surface area contributed by atoms with Crippen LogP contribution in [0.2, 0.25) is 10.0 Å². The molecule has 0 aliphatic carbocycles. The number of nitrogens with one attached hydrogen (secondary N) is 1. The van der Waals surface area contributed by atoms with Crippen molar-refractivity contribution in [3.05, 3.63) is 34.0 Å². The molecule has 1 aromatic rings. The van der Waals surface area contributed by atoms with E-state index in [1.165, 1.54) is 6.20 Å². The summed E-state index contributed by atoms with van der Waals surface area (Å²) in [5.74, 6) is 0.483. The lowest BCUT2D eigenvalue weighted by molar-refractivity contribution is 0.242. The first kappa shape index (κ1) is 15.2. The van der Waals surface area contributed by atoms with E-state index in [1.807, 2.05) is 13.8 Å². The molecule has 98 valence electrons. The van der Waals surface area contributed by atoms with Gasteiger partial charge >= 0.3 is 0 Å². The predicted molar refractivity (Wildman–Crippen MR) is 75.2 cm³/mol. The number of nitrogens with zero attached hydrogens (tertiary/aromatic N) is 2. The molecule has 1 N–H and O–H groups in total. The fourth-order valence-corrected chi connectivity index (χ4v) is 1.64. The zero-order valence-electron chi connectivity index (χ0n) is 10.4. The van der Waals surface area contributed by atoms with Crippen LogP contribution in [0, 0.1) is 22.7 Å². The number of nitriles is 2. The molecular formula is C13H11Cl2N3O. The highest BCUT2D eigenvalue weighted by Gasteiger charge is 2.09. The molecule has 0 fully saturated rings. The molecule has 0 aromatic heterocycles. The molecule has 4 nitrogen and oxygen atoms in total. The predicted octanol–water partition coefficient (Wildman–Crippen LogP) is 4.12. The largest absolute Gasteiger partial charge is 0.489 e. The number of allylic oxidation sites excluding steroid dienone is 1. The maximum absolute atomic E-state index is 8.61.